The molecule has 0 amide bonds. The molecule has 3 aromatic heterocycles. The Hall–Kier alpha value is -2.45. The Labute approximate surface area is 169 Å². The lowest BCUT2D eigenvalue weighted by Crippen LogP contribution is -2.10. The van der Waals surface area contributed by atoms with Crippen LogP contribution < -0.4 is 5.56 Å². The molecule has 6 nitrogen and oxygen atoms in total. The van der Waals surface area contributed by atoms with Crippen LogP contribution in [0.5, 0.6) is 0 Å². The van der Waals surface area contributed by atoms with Crippen LogP contribution in [0.1, 0.15) is 40.9 Å². The van der Waals surface area contributed by atoms with Gasteiger partial charge in [0.1, 0.15) is 10.7 Å². The molecule has 28 heavy (non-hydrogen) atoms. The summed E-state index contributed by atoms with van der Waals surface area (Å²) < 4.78 is 5.66. The van der Waals surface area contributed by atoms with Gasteiger partial charge in [-0.25, -0.2) is 4.98 Å². The van der Waals surface area contributed by atoms with Crippen molar-refractivity contribution >= 4 is 33.3 Å². The van der Waals surface area contributed by atoms with Gasteiger partial charge in [-0.05, 0) is 32.3 Å². The number of nitrogens with zero attached hydrogens (tertiary/aromatic N) is 3. The molecule has 1 fully saturated rings. The molecule has 0 atom stereocenters. The van der Waals surface area contributed by atoms with Crippen molar-refractivity contribution in [3.8, 4) is 11.1 Å². The number of aromatic amines is 1. The van der Waals surface area contributed by atoms with E-state index in [0.29, 0.717) is 28.1 Å². The minimum Gasteiger partial charge on any atom is -0.416 e. The number of thiophene rings is 1. The van der Waals surface area contributed by atoms with E-state index < -0.39 is 0 Å². The van der Waals surface area contributed by atoms with Crippen molar-refractivity contribution in [2.45, 2.75) is 43.6 Å². The van der Waals surface area contributed by atoms with Crippen molar-refractivity contribution in [1.29, 1.82) is 0 Å². The molecule has 3 heterocycles. The number of aromatic nitrogens is 4. The molecule has 1 aromatic carbocycles. The number of aryl methyl sites for hydroxylation is 2. The van der Waals surface area contributed by atoms with Crippen LogP contribution in [0.25, 0.3) is 21.3 Å². The zero-order chi connectivity index (χ0) is 19.3. The third-order valence-electron chi connectivity index (χ3n) is 4.81. The molecule has 142 valence electrons. The number of benzene rings is 1. The maximum absolute atomic E-state index is 12.8. The fourth-order valence-corrected chi connectivity index (χ4v) is 4.91. The molecule has 1 saturated carbocycles. The number of hydrogen-bond acceptors (Lipinski definition) is 7. The van der Waals surface area contributed by atoms with Crippen molar-refractivity contribution in [3.05, 3.63) is 56.8 Å². The first kappa shape index (κ1) is 17.6. The van der Waals surface area contributed by atoms with E-state index >= 15 is 0 Å². The molecule has 0 radical (unpaired) electrons. The summed E-state index contributed by atoms with van der Waals surface area (Å²) in [5.41, 5.74) is 3.10. The van der Waals surface area contributed by atoms with E-state index in [1.807, 2.05) is 6.92 Å². The van der Waals surface area contributed by atoms with Gasteiger partial charge in [0, 0.05) is 16.4 Å². The lowest BCUT2D eigenvalue weighted by Gasteiger charge is -2.03. The first-order valence-electron chi connectivity index (χ1n) is 9.14. The molecule has 0 spiro atoms. The second-order valence-electron chi connectivity index (χ2n) is 7.06. The number of rotatable bonds is 5. The summed E-state index contributed by atoms with van der Waals surface area (Å²) in [4.78, 5) is 22.3. The highest BCUT2D eigenvalue weighted by Crippen LogP contribution is 2.40. The number of hydrogen-bond donors (Lipinski definition) is 1. The van der Waals surface area contributed by atoms with Crippen LogP contribution in [0.3, 0.4) is 0 Å². The topological polar surface area (TPSA) is 84.7 Å². The Bertz CT molecular complexity index is 1220. The fourth-order valence-electron chi connectivity index (χ4n) is 3.20. The molecular weight excluding hydrogens is 392 g/mol. The maximum Gasteiger partial charge on any atom is 0.277 e. The van der Waals surface area contributed by atoms with Gasteiger partial charge in [-0.1, -0.05) is 41.6 Å². The first-order valence-corrected chi connectivity index (χ1v) is 10.9. The van der Waals surface area contributed by atoms with Gasteiger partial charge in [-0.2, -0.15) is 0 Å². The fraction of sp³-hybridized carbons (Fsp3) is 0.300. The van der Waals surface area contributed by atoms with Gasteiger partial charge in [0.15, 0.2) is 0 Å². The summed E-state index contributed by atoms with van der Waals surface area (Å²) >= 11 is 2.95. The highest BCUT2D eigenvalue weighted by atomic mass is 32.2. The van der Waals surface area contributed by atoms with E-state index in [1.165, 1.54) is 17.3 Å². The third-order valence-corrected chi connectivity index (χ3v) is 6.64. The molecule has 5 rings (SSSR count). The zero-order valence-corrected chi connectivity index (χ0v) is 17.1. The highest BCUT2D eigenvalue weighted by Gasteiger charge is 2.29. The van der Waals surface area contributed by atoms with Crippen LogP contribution >= 0.6 is 23.1 Å². The lowest BCUT2D eigenvalue weighted by molar-refractivity contribution is 0.414. The van der Waals surface area contributed by atoms with Crippen molar-refractivity contribution in [3.63, 3.8) is 0 Å². The smallest absolute Gasteiger partial charge is 0.277 e. The standard InChI is InChI=1S/C20H18N4O2S2/c1-10-3-5-12(6-4-10)15-11(2)28-19-16(15)17(25)21-14(22-19)9-27-20-24-23-18(26-20)13-7-8-13/h3-6,13H,7-9H2,1-2H3,(H,21,22,25). The summed E-state index contributed by atoms with van der Waals surface area (Å²) in [5.74, 6) is 2.25. The highest BCUT2D eigenvalue weighted by molar-refractivity contribution is 7.98. The number of nitrogens with one attached hydrogen (secondary N) is 1. The Morgan fingerprint density at radius 3 is 2.75 bits per heavy atom. The predicted molar refractivity (Wildman–Crippen MR) is 111 cm³/mol. The van der Waals surface area contributed by atoms with Crippen LogP contribution in [0.15, 0.2) is 38.7 Å². The third kappa shape index (κ3) is 3.27. The van der Waals surface area contributed by atoms with E-state index in [-0.39, 0.29) is 5.56 Å². The molecule has 1 N–H and O–H groups in total. The Morgan fingerprint density at radius 2 is 2.00 bits per heavy atom. The molecule has 4 aromatic rings. The average molecular weight is 411 g/mol. The first-order chi connectivity index (χ1) is 13.6. The summed E-state index contributed by atoms with van der Waals surface area (Å²) in [5, 5.41) is 9.34. The largest absolute Gasteiger partial charge is 0.416 e. The molecule has 0 aliphatic heterocycles. The average Bonchev–Trinajstić information content (AvgIpc) is 3.32. The second-order valence-corrected chi connectivity index (χ2v) is 9.19. The van der Waals surface area contributed by atoms with E-state index in [2.05, 4.69) is 51.4 Å². The Morgan fingerprint density at radius 1 is 1.21 bits per heavy atom. The van der Waals surface area contributed by atoms with Crippen molar-refractivity contribution in [2.24, 2.45) is 0 Å². The number of H-pyrrole nitrogens is 1. The molecule has 8 heteroatoms. The van der Waals surface area contributed by atoms with Gasteiger partial charge >= 0.3 is 0 Å². The molecule has 0 unspecified atom stereocenters. The van der Waals surface area contributed by atoms with Gasteiger partial charge in [0.25, 0.3) is 10.8 Å². The quantitative estimate of drug-likeness (QED) is 0.475. The van der Waals surface area contributed by atoms with E-state index in [9.17, 15) is 4.79 Å². The summed E-state index contributed by atoms with van der Waals surface area (Å²) in [6.45, 7) is 4.09. The zero-order valence-electron chi connectivity index (χ0n) is 15.5. The van der Waals surface area contributed by atoms with E-state index in [0.717, 1.165) is 39.6 Å². The van der Waals surface area contributed by atoms with Crippen LogP contribution in [0.2, 0.25) is 0 Å². The number of thioether (sulfide) groups is 1. The van der Waals surface area contributed by atoms with Crippen molar-refractivity contribution in [2.75, 3.05) is 0 Å². The summed E-state index contributed by atoms with van der Waals surface area (Å²) in [7, 11) is 0. The lowest BCUT2D eigenvalue weighted by atomic mass is 10.0. The monoisotopic (exact) mass is 410 g/mol. The van der Waals surface area contributed by atoms with Crippen LogP contribution in [0.4, 0.5) is 0 Å². The van der Waals surface area contributed by atoms with Crippen molar-refractivity contribution in [1.82, 2.24) is 20.2 Å². The predicted octanol–water partition coefficient (Wildman–Crippen LogP) is 4.82. The Kier molecular flexibility index (Phi) is 4.32. The Balaban J connectivity index is 1.45. The van der Waals surface area contributed by atoms with E-state index in [4.69, 9.17) is 4.42 Å². The van der Waals surface area contributed by atoms with Crippen LogP contribution in [-0.2, 0) is 5.75 Å². The number of fused-ring (bicyclic) bond motifs is 1. The van der Waals surface area contributed by atoms with Crippen molar-refractivity contribution < 1.29 is 4.42 Å². The molecule has 0 saturated heterocycles. The SMILES string of the molecule is Cc1ccc(-c2c(C)sc3nc(CSc4nnc(C5CC5)o4)[nH]c(=O)c23)cc1. The van der Waals surface area contributed by atoms with Gasteiger partial charge in [0.05, 0.1) is 11.1 Å². The summed E-state index contributed by atoms with van der Waals surface area (Å²) in [6, 6.07) is 8.23. The molecule has 1 aliphatic rings. The minimum atomic E-state index is -0.107. The normalized spacial score (nSPS) is 14.1. The second kappa shape index (κ2) is 6.86. The molecule has 0 bridgehead atoms. The maximum atomic E-state index is 12.8. The van der Waals surface area contributed by atoms with Crippen LogP contribution in [0, 0.1) is 13.8 Å². The minimum absolute atomic E-state index is 0.107. The molecule has 1 aliphatic carbocycles. The van der Waals surface area contributed by atoms with Gasteiger partial charge in [0.2, 0.25) is 5.89 Å². The summed E-state index contributed by atoms with van der Waals surface area (Å²) in [6.07, 6.45) is 2.25. The van der Waals surface area contributed by atoms with E-state index in [1.54, 1.807) is 11.3 Å². The van der Waals surface area contributed by atoms with Gasteiger partial charge in [-0.15, -0.1) is 21.5 Å². The van der Waals surface area contributed by atoms with Crippen LogP contribution in [-0.4, -0.2) is 20.2 Å². The van der Waals surface area contributed by atoms with Gasteiger partial charge < -0.3 is 9.40 Å². The molecular formula is C20H18N4O2S2. The van der Waals surface area contributed by atoms with Gasteiger partial charge in [-0.3, -0.25) is 4.79 Å².